The molecule has 1 aliphatic heterocycles. The van der Waals surface area contributed by atoms with Gasteiger partial charge in [-0.3, -0.25) is 19.2 Å². The van der Waals surface area contributed by atoms with Crippen molar-refractivity contribution >= 4 is 35.8 Å². The molecule has 0 radical (unpaired) electrons. The second-order valence-corrected chi connectivity index (χ2v) is 17.4. The van der Waals surface area contributed by atoms with Gasteiger partial charge in [-0.05, 0) is 78.4 Å². The van der Waals surface area contributed by atoms with Crippen LogP contribution in [0.5, 0.6) is 0 Å². The average molecular weight is 849 g/mol. The molecule has 1 saturated carbocycles. The quantitative estimate of drug-likeness (QED) is 0.0328. The number of amides is 1. The summed E-state index contributed by atoms with van der Waals surface area (Å²) in [5, 5.41) is 27.5. The minimum Gasteiger partial charge on any atom is -0.459 e. The van der Waals surface area contributed by atoms with E-state index in [9.17, 15) is 39.0 Å². The summed E-state index contributed by atoms with van der Waals surface area (Å²) in [5.41, 5.74) is -0.619. The Morgan fingerprint density at radius 2 is 1.43 bits per heavy atom. The van der Waals surface area contributed by atoms with E-state index in [1.807, 2.05) is 0 Å². The van der Waals surface area contributed by atoms with Crippen LogP contribution in [0.4, 0.5) is 0 Å². The lowest BCUT2D eigenvalue weighted by Gasteiger charge is -2.41. The molecular weight excluding hydrogens is 776 g/mol. The lowest BCUT2D eigenvalue weighted by Crippen LogP contribution is -2.64. The van der Waals surface area contributed by atoms with Gasteiger partial charge in [-0.2, -0.15) is 0 Å². The number of ether oxygens (including phenoxy) is 5. The van der Waals surface area contributed by atoms with Gasteiger partial charge >= 0.3 is 29.8 Å². The fourth-order valence-corrected chi connectivity index (χ4v) is 8.79. The maximum Gasteiger partial charge on any atom is 0.341 e. The Morgan fingerprint density at radius 1 is 0.883 bits per heavy atom. The fourth-order valence-electron chi connectivity index (χ4n) is 8.79. The summed E-state index contributed by atoms with van der Waals surface area (Å²) in [6.07, 6.45) is 5.68. The molecule has 1 heterocycles. The first-order valence-electron chi connectivity index (χ1n) is 22.0. The van der Waals surface area contributed by atoms with Crippen molar-refractivity contribution in [3.05, 3.63) is 22.8 Å². The van der Waals surface area contributed by atoms with Crippen molar-refractivity contribution in [2.45, 2.75) is 218 Å². The number of fused-ring (bicyclic) bond motifs is 3. The van der Waals surface area contributed by atoms with Crippen molar-refractivity contribution in [2.24, 2.45) is 11.7 Å². The minimum absolute atomic E-state index is 0.0512. The molecule has 0 aromatic rings. The Balaban J connectivity index is 2.01. The summed E-state index contributed by atoms with van der Waals surface area (Å²) >= 11 is 0. The van der Waals surface area contributed by atoms with E-state index in [0.29, 0.717) is 25.7 Å². The number of nitrogens with one attached hydrogen (secondary N) is 1. The van der Waals surface area contributed by atoms with E-state index >= 15 is 0 Å². The number of carbonyl (C=O) groups is 6. The van der Waals surface area contributed by atoms with Gasteiger partial charge in [0, 0.05) is 37.8 Å². The molecule has 1 saturated heterocycles. The molecule has 15 heteroatoms. The molecule has 15 nitrogen and oxygen atoms in total. The lowest BCUT2D eigenvalue weighted by atomic mass is 9.75. The van der Waals surface area contributed by atoms with Crippen molar-refractivity contribution in [1.29, 1.82) is 0 Å². The number of allylic oxidation sites excluding steroid dienone is 1. The highest BCUT2D eigenvalue weighted by molar-refractivity contribution is 5.88. The first kappa shape index (κ1) is 50.5. The molecule has 5 N–H and O–H groups in total. The van der Waals surface area contributed by atoms with E-state index in [1.54, 1.807) is 33.8 Å². The number of unbranched alkanes of at least 4 members (excludes halogenated alkanes) is 8. The Kier molecular flexibility index (Phi) is 18.8. The molecule has 3 rings (SSSR count). The van der Waals surface area contributed by atoms with Gasteiger partial charge < -0.3 is 44.9 Å². The second kappa shape index (κ2) is 22.3. The average Bonchev–Trinajstić information content (AvgIpc) is 3.51. The molecule has 0 spiro atoms. The predicted octanol–water partition coefficient (Wildman–Crippen LogP) is 5.49. The number of rotatable bonds is 23. The first-order chi connectivity index (χ1) is 28.2. The molecule has 340 valence electrons. The summed E-state index contributed by atoms with van der Waals surface area (Å²) in [6, 6.07) is -0.802. The van der Waals surface area contributed by atoms with E-state index in [2.05, 4.69) is 19.2 Å². The molecule has 1 amide bonds. The molecular formula is C45H72N2O13. The van der Waals surface area contributed by atoms with E-state index in [-0.39, 0.29) is 41.5 Å². The van der Waals surface area contributed by atoms with Gasteiger partial charge in [-0.1, -0.05) is 77.7 Å². The highest BCUT2D eigenvalue weighted by Gasteiger charge is 2.76. The van der Waals surface area contributed by atoms with Crippen molar-refractivity contribution in [3.8, 4) is 0 Å². The van der Waals surface area contributed by atoms with Gasteiger partial charge in [-0.25, -0.2) is 9.59 Å². The zero-order valence-corrected chi connectivity index (χ0v) is 37.4. The number of nitrogens with two attached hydrogens (primary N) is 1. The van der Waals surface area contributed by atoms with E-state index in [1.165, 1.54) is 13.8 Å². The molecule has 60 heavy (non-hydrogen) atoms. The highest BCUT2D eigenvalue weighted by Crippen LogP contribution is 2.57. The van der Waals surface area contributed by atoms with Crippen LogP contribution in [0.2, 0.25) is 0 Å². The SMILES string of the molecule is C/C=C(/C)C(=O)O[C@H]1C(C)=C2[C@H]([C@@H]1OC(=O)CCCCCCC)[C@@](C)(OC(C)=O)C[C@H](OC(=O)CCCCC(CCCCCC)NC(=O)[C@H](C)N)[C@@]1(O)[C@H]2OC(=O)[C@@]1(C)O. The highest BCUT2D eigenvalue weighted by atomic mass is 16.6. The summed E-state index contributed by atoms with van der Waals surface area (Å²) in [6.45, 7) is 14.4. The summed E-state index contributed by atoms with van der Waals surface area (Å²) in [7, 11) is 0. The molecule has 1 unspecified atom stereocenters. The maximum atomic E-state index is 13.7. The van der Waals surface area contributed by atoms with Gasteiger partial charge in [0.25, 0.3) is 0 Å². The zero-order chi connectivity index (χ0) is 45.0. The van der Waals surface area contributed by atoms with Gasteiger partial charge in [0.1, 0.15) is 11.7 Å². The van der Waals surface area contributed by atoms with Crippen molar-refractivity contribution in [3.63, 3.8) is 0 Å². The van der Waals surface area contributed by atoms with Crippen LogP contribution in [0, 0.1) is 5.92 Å². The Hall–Kier alpha value is -3.82. The van der Waals surface area contributed by atoms with Crippen LogP contribution in [0.25, 0.3) is 0 Å². The molecule has 10 atom stereocenters. The summed E-state index contributed by atoms with van der Waals surface area (Å²) in [5.74, 6) is -5.48. The number of hydrogen-bond acceptors (Lipinski definition) is 14. The number of esters is 5. The van der Waals surface area contributed by atoms with Crippen LogP contribution in [0.3, 0.4) is 0 Å². The van der Waals surface area contributed by atoms with Crippen LogP contribution >= 0.6 is 0 Å². The Labute approximate surface area is 355 Å². The van der Waals surface area contributed by atoms with E-state index in [4.69, 9.17) is 29.4 Å². The normalized spacial score (nSPS) is 29.7. The van der Waals surface area contributed by atoms with Crippen molar-refractivity contribution in [2.75, 3.05) is 0 Å². The summed E-state index contributed by atoms with van der Waals surface area (Å²) in [4.78, 5) is 79.4. The van der Waals surface area contributed by atoms with Crippen LogP contribution in [0.15, 0.2) is 22.8 Å². The van der Waals surface area contributed by atoms with Crippen molar-refractivity contribution in [1.82, 2.24) is 5.32 Å². The topological polar surface area (TPSA) is 227 Å². The minimum atomic E-state index is -2.65. The third-order valence-corrected chi connectivity index (χ3v) is 12.4. The van der Waals surface area contributed by atoms with Crippen LogP contribution in [-0.4, -0.2) is 99.3 Å². The van der Waals surface area contributed by atoms with Gasteiger partial charge in [0.2, 0.25) is 5.91 Å². The van der Waals surface area contributed by atoms with E-state index in [0.717, 1.165) is 64.7 Å². The third-order valence-electron chi connectivity index (χ3n) is 12.4. The zero-order valence-electron chi connectivity index (χ0n) is 37.4. The molecule has 3 aliphatic rings. The monoisotopic (exact) mass is 849 g/mol. The van der Waals surface area contributed by atoms with Crippen molar-refractivity contribution < 1.29 is 62.7 Å². The first-order valence-corrected chi connectivity index (χ1v) is 22.0. The predicted molar refractivity (Wildman–Crippen MR) is 222 cm³/mol. The second-order valence-electron chi connectivity index (χ2n) is 17.4. The standard InChI is InChI=1S/C45H72N2O13/c1-10-13-15-17-19-24-34(50)57-38-36-35(28(5)37(38)58-41(52)27(4)12-3)39-45(55,44(9,54)42(53)59-39)32(26-43(36,8)60-30(7)48)56-33(49)25-21-20-23-31(22-18-16-14-11-2)47-40(51)29(6)46/h12,29,31-32,36-39,54-55H,10-11,13-26,46H2,1-9H3,(H,47,51)/b27-12-/t29-,31?,32-,36+,37-,38-,39-,43-,44+,45+/m0/s1. The lowest BCUT2D eigenvalue weighted by molar-refractivity contribution is -0.212. The third kappa shape index (κ3) is 12.0. The molecule has 2 fully saturated rings. The van der Waals surface area contributed by atoms with Crippen LogP contribution in [-0.2, 0) is 52.5 Å². The molecule has 2 aliphatic carbocycles. The molecule has 0 bridgehead atoms. The number of hydrogen-bond donors (Lipinski definition) is 4. The van der Waals surface area contributed by atoms with Crippen LogP contribution in [0.1, 0.15) is 165 Å². The summed E-state index contributed by atoms with van der Waals surface area (Å²) < 4.78 is 30.0. The van der Waals surface area contributed by atoms with E-state index < -0.39 is 89.4 Å². The van der Waals surface area contributed by atoms with Gasteiger partial charge in [0.05, 0.1) is 12.0 Å². The molecule has 0 aromatic heterocycles. The fraction of sp³-hybridized carbons (Fsp3) is 0.778. The van der Waals surface area contributed by atoms with Gasteiger partial charge in [0.15, 0.2) is 29.5 Å². The Bertz CT molecular complexity index is 1600. The number of aliphatic hydroxyl groups is 2. The molecule has 0 aromatic carbocycles. The smallest absolute Gasteiger partial charge is 0.341 e. The Morgan fingerprint density at radius 3 is 2.00 bits per heavy atom. The van der Waals surface area contributed by atoms with Crippen LogP contribution < -0.4 is 11.1 Å². The maximum absolute atomic E-state index is 13.7. The largest absolute Gasteiger partial charge is 0.459 e. The van der Waals surface area contributed by atoms with Gasteiger partial charge in [-0.15, -0.1) is 0 Å². The number of carbonyl (C=O) groups excluding carboxylic acids is 6.